The molecule has 3 nitrogen and oxygen atoms in total. The predicted octanol–water partition coefficient (Wildman–Crippen LogP) is 4.63. The Morgan fingerprint density at radius 3 is 2.67 bits per heavy atom. The minimum absolute atomic E-state index is 0.00616. The Kier molecular flexibility index (Phi) is 4.46. The summed E-state index contributed by atoms with van der Waals surface area (Å²) in [6.45, 7) is 12.3. The van der Waals surface area contributed by atoms with Gasteiger partial charge in [-0.2, -0.15) is 0 Å². The van der Waals surface area contributed by atoms with E-state index in [-0.39, 0.29) is 17.3 Å². The number of carbonyl (C=O) groups is 1. The van der Waals surface area contributed by atoms with E-state index in [1.54, 1.807) is 0 Å². The van der Waals surface area contributed by atoms with Gasteiger partial charge in [0.2, 0.25) is 0 Å². The van der Waals surface area contributed by atoms with Gasteiger partial charge in [-0.3, -0.25) is 4.79 Å². The molecule has 1 unspecified atom stereocenters. The molecule has 0 fully saturated rings. The second-order valence-corrected chi connectivity index (χ2v) is 7.84. The smallest absolute Gasteiger partial charge is 0.309 e. The van der Waals surface area contributed by atoms with E-state index in [1.165, 1.54) is 27.7 Å². The summed E-state index contributed by atoms with van der Waals surface area (Å²) >= 11 is 0. The number of nitrogens with zero attached hydrogens (tertiary/aromatic N) is 1. The molecule has 3 rings (SSSR count). The summed E-state index contributed by atoms with van der Waals surface area (Å²) in [6.07, 6.45) is 2.67. The standard InChI is InChI=1S/C21H29NO2/c1-6-22-18-10-8-14(20(23)24-7-2)12-16(18)17-13-15(21(3,4)5)9-11-19(17)22/h9,11,13-14H,6-8,10,12H2,1-5H3. The molecule has 130 valence electrons. The highest BCUT2D eigenvalue weighted by Crippen LogP contribution is 2.37. The highest BCUT2D eigenvalue weighted by atomic mass is 16.5. The van der Waals surface area contributed by atoms with E-state index >= 15 is 0 Å². The molecule has 0 spiro atoms. The third-order valence-corrected chi connectivity index (χ3v) is 5.27. The van der Waals surface area contributed by atoms with Crippen LogP contribution >= 0.6 is 0 Å². The zero-order valence-corrected chi connectivity index (χ0v) is 15.6. The Bertz CT molecular complexity index is 764. The number of carbonyl (C=O) groups excluding carboxylic acids is 1. The molecule has 0 saturated carbocycles. The summed E-state index contributed by atoms with van der Waals surface area (Å²) in [5, 5.41) is 1.33. The van der Waals surface area contributed by atoms with Crippen LogP contribution in [0.4, 0.5) is 0 Å². The van der Waals surface area contributed by atoms with Gasteiger partial charge in [0.25, 0.3) is 0 Å². The molecule has 24 heavy (non-hydrogen) atoms. The number of hydrogen-bond acceptors (Lipinski definition) is 2. The molecule has 1 aromatic heterocycles. The van der Waals surface area contributed by atoms with E-state index in [0.717, 1.165) is 25.8 Å². The number of aromatic nitrogens is 1. The fourth-order valence-corrected chi connectivity index (χ4v) is 3.94. The van der Waals surface area contributed by atoms with Gasteiger partial charge >= 0.3 is 5.97 Å². The van der Waals surface area contributed by atoms with E-state index < -0.39 is 0 Å². The largest absolute Gasteiger partial charge is 0.466 e. The van der Waals surface area contributed by atoms with Crippen LogP contribution in [-0.4, -0.2) is 17.1 Å². The lowest BCUT2D eigenvalue weighted by Crippen LogP contribution is -2.25. The fourth-order valence-electron chi connectivity index (χ4n) is 3.94. The van der Waals surface area contributed by atoms with E-state index in [2.05, 4.69) is 50.5 Å². The number of benzene rings is 1. The Morgan fingerprint density at radius 1 is 1.29 bits per heavy atom. The van der Waals surface area contributed by atoms with Crippen LogP contribution in [0.3, 0.4) is 0 Å². The molecule has 1 aliphatic rings. The lowest BCUT2D eigenvalue weighted by atomic mass is 9.83. The predicted molar refractivity (Wildman–Crippen MR) is 98.5 cm³/mol. The molecule has 2 aromatic rings. The zero-order valence-electron chi connectivity index (χ0n) is 15.6. The van der Waals surface area contributed by atoms with Crippen molar-refractivity contribution in [2.24, 2.45) is 5.92 Å². The number of aryl methyl sites for hydroxylation is 1. The Hall–Kier alpha value is -1.77. The maximum Gasteiger partial charge on any atom is 0.309 e. The van der Waals surface area contributed by atoms with Crippen LogP contribution in [0.15, 0.2) is 18.2 Å². The van der Waals surface area contributed by atoms with Gasteiger partial charge in [0, 0.05) is 23.1 Å². The second kappa shape index (κ2) is 6.27. The van der Waals surface area contributed by atoms with Crippen molar-refractivity contribution in [1.29, 1.82) is 0 Å². The van der Waals surface area contributed by atoms with Gasteiger partial charge < -0.3 is 9.30 Å². The van der Waals surface area contributed by atoms with Crippen LogP contribution in [0.1, 0.15) is 57.9 Å². The first-order chi connectivity index (χ1) is 11.4. The van der Waals surface area contributed by atoms with Crippen LogP contribution in [0.25, 0.3) is 10.9 Å². The van der Waals surface area contributed by atoms with Crippen molar-refractivity contribution in [2.45, 2.75) is 65.8 Å². The van der Waals surface area contributed by atoms with Crippen LogP contribution in [-0.2, 0) is 34.3 Å². The highest BCUT2D eigenvalue weighted by Gasteiger charge is 2.30. The summed E-state index contributed by atoms with van der Waals surface area (Å²) < 4.78 is 7.70. The van der Waals surface area contributed by atoms with E-state index in [1.807, 2.05) is 6.92 Å². The fraction of sp³-hybridized carbons (Fsp3) is 0.571. The molecule has 0 radical (unpaired) electrons. The first-order valence-corrected chi connectivity index (χ1v) is 9.17. The zero-order chi connectivity index (χ0) is 17.5. The maximum atomic E-state index is 12.2. The minimum atomic E-state index is -0.0347. The average Bonchev–Trinajstić information content (AvgIpc) is 2.86. The average molecular weight is 327 g/mol. The van der Waals surface area contributed by atoms with Crippen LogP contribution in [0, 0.1) is 5.92 Å². The Morgan fingerprint density at radius 2 is 2.04 bits per heavy atom. The van der Waals surface area contributed by atoms with Crippen molar-refractivity contribution in [3.63, 3.8) is 0 Å². The number of hydrogen-bond donors (Lipinski definition) is 0. The first-order valence-electron chi connectivity index (χ1n) is 9.17. The monoisotopic (exact) mass is 327 g/mol. The number of esters is 1. The number of rotatable bonds is 3. The SMILES string of the molecule is CCOC(=O)C1CCc2c(c3cc(C(C)(C)C)ccc3n2CC)C1. The molecular formula is C21H29NO2. The van der Waals surface area contributed by atoms with Crippen molar-refractivity contribution in [3.8, 4) is 0 Å². The van der Waals surface area contributed by atoms with Gasteiger partial charge in [-0.05, 0) is 61.8 Å². The minimum Gasteiger partial charge on any atom is -0.466 e. The van der Waals surface area contributed by atoms with Crippen molar-refractivity contribution < 1.29 is 9.53 Å². The molecule has 1 aliphatic carbocycles. The molecule has 0 saturated heterocycles. The summed E-state index contributed by atoms with van der Waals surface area (Å²) in [7, 11) is 0. The Labute approximate surface area is 145 Å². The highest BCUT2D eigenvalue weighted by molar-refractivity contribution is 5.88. The molecule has 0 amide bonds. The first kappa shape index (κ1) is 17.1. The molecule has 1 aromatic carbocycles. The number of ether oxygens (including phenoxy) is 1. The van der Waals surface area contributed by atoms with Crippen molar-refractivity contribution in [3.05, 3.63) is 35.0 Å². The third-order valence-electron chi connectivity index (χ3n) is 5.27. The normalized spacial score (nSPS) is 17.8. The van der Waals surface area contributed by atoms with Crippen molar-refractivity contribution in [2.75, 3.05) is 6.61 Å². The van der Waals surface area contributed by atoms with Crippen LogP contribution in [0.5, 0.6) is 0 Å². The van der Waals surface area contributed by atoms with Gasteiger partial charge in [-0.1, -0.05) is 26.8 Å². The van der Waals surface area contributed by atoms with Gasteiger partial charge in [0.05, 0.1) is 12.5 Å². The van der Waals surface area contributed by atoms with Crippen molar-refractivity contribution in [1.82, 2.24) is 4.57 Å². The molecule has 1 heterocycles. The van der Waals surface area contributed by atoms with E-state index in [0.29, 0.717) is 6.61 Å². The third kappa shape index (κ3) is 2.85. The lowest BCUT2D eigenvalue weighted by molar-refractivity contribution is -0.148. The van der Waals surface area contributed by atoms with Gasteiger partial charge in [-0.25, -0.2) is 0 Å². The molecule has 0 N–H and O–H groups in total. The quantitative estimate of drug-likeness (QED) is 0.770. The summed E-state index contributed by atoms with van der Waals surface area (Å²) in [5.74, 6) is -0.0285. The van der Waals surface area contributed by atoms with Gasteiger partial charge in [0.1, 0.15) is 0 Å². The van der Waals surface area contributed by atoms with Gasteiger partial charge in [-0.15, -0.1) is 0 Å². The van der Waals surface area contributed by atoms with Crippen LogP contribution < -0.4 is 0 Å². The van der Waals surface area contributed by atoms with E-state index in [9.17, 15) is 4.79 Å². The lowest BCUT2D eigenvalue weighted by Gasteiger charge is -2.22. The second-order valence-electron chi connectivity index (χ2n) is 7.84. The summed E-state index contributed by atoms with van der Waals surface area (Å²) in [4.78, 5) is 12.2. The molecule has 1 atom stereocenters. The van der Waals surface area contributed by atoms with Crippen molar-refractivity contribution >= 4 is 16.9 Å². The van der Waals surface area contributed by atoms with Gasteiger partial charge in [0.15, 0.2) is 0 Å². The Balaban J connectivity index is 2.10. The topological polar surface area (TPSA) is 31.2 Å². The molecule has 0 bridgehead atoms. The number of fused-ring (bicyclic) bond motifs is 3. The molecule has 0 aliphatic heterocycles. The van der Waals surface area contributed by atoms with Crippen LogP contribution in [0.2, 0.25) is 0 Å². The molecule has 3 heteroatoms. The van der Waals surface area contributed by atoms with E-state index in [4.69, 9.17) is 4.74 Å². The summed E-state index contributed by atoms with van der Waals surface area (Å²) in [5.41, 5.74) is 5.57. The summed E-state index contributed by atoms with van der Waals surface area (Å²) in [6, 6.07) is 6.85. The maximum absolute atomic E-state index is 12.2. The molecular weight excluding hydrogens is 298 g/mol.